The zero-order chi connectivity index (χ0) is 18.1. The average Bonchev–Trinajstić information content (AvgIpc) is 3.06. The van der Waals surface area contributed by atoms with Gasteiger partial charge in [-0.3, -0.25) is 4.99 Å². The van der Waals surface area contributed by atoms with Crippen molar-refractivity contribution in [1.82, 2.24) is 9.97 Å². The molecule has 5 nitrogen and oxygen atoms in total. The van der Waals surface area contributed by atoms with Crippen LogP contribution in [0, 0.1) is 0 Å². The maximum Gasteiger partial charge on any atom is 0.147 e. The van der Waals surface area contributed by atoms with E-state index in [1.54, 1.807) is 6.20 Å². The second-order valence-electron chi connectivity index (χ2n) is 6.52. The summed E-state index contributed by atoms with van der Waals surface area (Å²) in [5, 5.41) is 1.53. The van der Waals surface area contributed by atoms with E-state index in [-0.39, 0.29) is 6.54 Å². The number of alkyl halides is 1. The number of aromatic nitrogens is 2. The van der Waals surface area contributed by atoms with Crippen molar-refractivity contribution in [3.8, 4) is 0 Å². The predicted molar refractivity (Wildman–Crippen MR) is 104 cm³/mol. The minimum atomic E-state index is -1.25. The summed E-state index contributed by atoms with van der Waals surface area (Å²) in [4.78, 5) is 16.9. The third-order valence-electron chi connectivity index (χ3n) is 4.80. The number of nitrogens with zero attached hydrogens (tertiary/aromatic N) is 4. The van der Waals surface area contributed by atoms with Gasteiger partial charge < -0.3 is 10.6 Å². The lowest BCUT2D eigenvalue weighted by Crippen LogP contribution is -2.46. The SMILES string of the molecule is NCC1(F)CCN(c2cnc3c(n2)CN=C3Sc2ccccc2Cl)CC1. The van der Waals surface area contributed by atoms with Gasteiger partial charge in [0.25, 0.3) is 0 Å². The van der Waals surface area contributed by atoms with Crippen LogP contribution in [0.25, 0.3) is 0 Å². The zero-order valence-corrected chi connectivity index (χ0v) is 15.7. The first-order chi connectivity index (χ1) is 12.6. The number of anilines is 1. The molecule has 0 amide bonds. The van der Waals surface area contributed by atoms with E-state index in [9.17, 15) is 4.39 Å². The average molecular weight is 392 g/mol. The molecule has 1 fully saturated rings. The maximum absolute atomic E-state index is 14.3. The van der Waals surface area contributed by atoms with E-state index in [1.165, 1.54) is 11.8 Å². The lowest BCUT2D eigenvalue weighted by Gasteiger charge is -2.36. The van der Waals surface area contributed by atoms with E-state index in [2.05, 4.69) is 14.9 Å². The quantitative estimate of drug-likeness (QED) is 0.867. The van der Waals surface area contributed by atoms with Gasteiger partial charge in [-0.05, 0) is 12.1 Å². The summed E-state index contributed by atoms with van der Waals surface area (Å²) in [5.74, 6) is 0.780. The molecule has 2 aliphatic heterocycles. The molecule has 0 radical (unpaired) electrons. The normalized spacial score (nSPS) is 18.6. The van der Waals surface area contributed by atoms with E-state index in [4.69, 9.17) is 22.3 Å². The van der Waals surface area contributed by atoms with E-state index < -0.39 is 5.67 Å². The van der Waals surface area contributed by atoms with Gasteiger partial charge in [0.05, 0.1) is 23.5 Å². The highest BCUT2D eigenvalue weighted by molar-refractivity contribution is 8.14. The first kappa shape index (κ1) is 17.7. The van der Waals surface area contributed by atoms with Crippen LogP contribution in [0.2, 0.25) is 5.02 Å². The van der Waals surface area contributed by atoms with Crippen molar-refractivity contribution < 1.29 is 4.39 Å². The standard InChI is InChI=1S/C18H19ClFN5S/c19-12-3-1-2-4-14(12)26-17-16-13(9-23-17)24-15(10-22-16)25-7-5-18(20,11-21)6-8-25/h1-4,10H,5-9,11,21H2. The lowest BCUT2D eigenvalue weighted by molar-refractivity contribution is 0.135. The number of nitrogens with two attached hydrogens (primary N) is 1. The molecule has 2 N–H and O–H groups in total. The van der Waals surface area contributed by atoms with Crippen LogP contribution < -0.4 is 10.6 Å². The highest BCUT2D eigenvalue weighted by atomic mass is 35.5. The molecule has 3 heterocycles. The lowest BCUT2D eigenvalue weighted by atomic mass is 9.93. The molecular formula is C18H19ClFN5S. The summed E-state index contributed by atoms with van der Waals surface area (Å²) < 4.78 is 14.3. The summed E-state index contributed by atoms with van der Waals surface area (Å²) in [7, 11) is 0. The van der Waals surface area contributed by atoms with Crippen LogP contribution >= 0.6 is 23.4 Å². The maximum atomic E-state index is 14.3. The Balaban J connectivity index is 1.49. The van der Waals surface area contributed by atoms with E-state index in [0.717, 1.165) is 27.1 Å². The number of thioether (sulfide) groups is 1. The van der Waals surface area contributed by atoms with Gasteiger partial charge in [0, 0.05) is 37.4 Å². The highest BCUT2D eigenvalue weighted by Crippen LogP contribution is 2.34. The second kappa shape index (κ2) is 7.13. The Hall–Kier alpha value is -1.70. The Bertz CT molecular complexity index is 851. The fourth-order valence-corrected chi connectivity index (χ4v) is 4.30. The summed E-state index contributed by atoms with van der Waals surface area (Å²) in [6, 6.07) is 7.67. The Morgan fingerprint density at radius 1 is 1.27 bits per heavy atom. The van der Waals surface area contributed by atoms with Crippen molar-refractivity contribution in [2.24, 2.45) is 10.7 Å². The van der Waals surface area contributed by atoms with Crippen LogP contribution in [-0.4, -0.2) is 40.3 Å². The molecule has 0 atom stereocenters. The van der Waals surface area contributed by atoms with Crippen LogP contribution in [0.4, 0.5) is 10.2 Å². The topological polar surface area (TPSA) is 67.4 Å². The zero-order valence-electron chi connectivity index (χ0n) is 14.2. The Kier molecular flexibility index (Phi) is 4.86. The number of hydrogen-bond acceptors (Lipinski definition) is 6. The van der Waals surface area contributed by atoms with Crippen LogP contribution in [0.15, 0.2) is 40.4 Å². The van der Waals surface area contributed by atoms with Crippen LogP contribution in [0.1, 0.15) is 24.2 Å². The third kappa shape index (κ3) is 3.43. The molecular weight excluding hydrogens is 373 g/mol. The van der Waals surface area contributed by atoms with Crippen molar-refractivity contribution in [2.45, 2.75) is 30.0 Å². The van der Waals surface area contributed by atoms with Gasteiger partial charge in [-0.25, -0.2) is 14.4 Å². The molecule has 2 aliphatic rings. The number of piperidine rings is 1. The molecule has 26 heavy (non-hydrogen) atoms. The minimum Gasteiger partial charge on any atom is -0.355 e. The Morgan fingerprint density at radius 2 is 2.04 bits per heavy atom. The molecule has 0 unspecified atom stereocenters. The monoisotopic (exact) mass is 391 g/mol. The van der Waals surface area contributed by atoms with Gasteiger partial charge in [0.15, 0.2) is 0 Å². The Morgan fingerprint density at radius 3 is 2.77 bits per heavy atom. The number of rotatable bonds is 3. The molecule has 136 valence electrons. The number of benzene rings is 1. The molecule has 0 spiro atoms. The van der Waals surface area contributed by atoms with Gasteiger partial charge in [-0.15, -0.1) is 0 Å². The van der Waals surface area contributed by atoms with Gasteiger partial charge in [-0.1, -0.05) is 35.5 Å². The molecule has 1 aromatic heterocycles. The van der Waals surface area contributed by atoms with Crippen molar-refractivity contribution in [3.05, 3.63) is 46.9 Å². The van der Waals surface area contributed by atoms with Gasteiger partial charge in [-0.2, -0.15) is 0 Å². The minimum absolute atomic E-state index is 0.0766. The molecule has 0 saturated carbocycles. The molecule has 1 aromatic carbocycles. The summed E-state index contributed by atoms with van der Waals surface area (Å²) in [6.07, 6.45) is 2.60. The van der Waals surface area contributed by atoms with Crippen LogP contribution in [-0.2, 0) is 6.54 Å². The largest absolute Gasteiger partial charge is 0.355 e. The van der Waals surface area contributed by atoms with Crippen molar-refractivity contribution in [1.29, 1.82) is 0 Å². The first-order valence-corrected chi connectivity index (χ1v) is 9.74. The number of aliphatic imine (C=N–C) groups is 1. The fraction of sp³-hybridized carbons (Fsp3) is 0.389. The molecule has 0 bridgehead atoms. The predicted octanol–water partition coefficient (Wildman–Crippen LogP) is 3.45. The molecule has 1 saturated heterocycles. The number of hydrogen-bond donors (Lipinski definition) is 1. The third-order valence-corrected chi connectivity index (χ3v) is 6.33. The summed E-state index contributed by atoms with van der Waals surface area (Å²) in [5.41, 5.74) is 5.95. The summed E-state index contributed by atoms with van der Waals surface area (Å²) >= 11 is 7.74. The van der Waals surface area contributed by atoms with Crippen molar-refractivity contribution in [3.63, 3.8) is 0 Å². The van der Waals surface area contributed by atoms with Gasteiger partial charge in [0.2, 0.25) is 0 Å². The van der Waals surface area contributed by atoms with Crippen LogP contribution in [0.5, 0.6) is 0 Å². The van der Waals surface area contributed by atoms with E-state index in [1.807, 2.05) is 24.3 Å². The van der Waals surface area contributed by atoms with Crippen molar-refractivity contribution in [2.75, 3.05) is 24.5 Å². The molecule has 4 rings (SSSR count). The Labute approximate surface area is 160 Å². The van der Waals surface area contributed by atoms with Crippen molar-refractivity contribution >= 4 is 34.2 Å². The number of halogens is 2. The molecule has 8 heteroatoms. The van der Waals surface area contributed by atoms with Gasteiger partial charge >= 0.3 is 0 Å². The highest BCUT2D eigenvalue weighted by Gasteiger charge is 2.34. The fourth-order valence-electron chi connectivity index (χ4n) is 3.13. The van der Waals surface area contributed by atoms with Gasteiger partial charge in [0.1, 0.15) is 22.2 Å². The van der Waals surface area contributed by atoms with E-state index >= 15 is 0 Å². The first-order valence-electron chi connectivity index (χ1n) is 8.55. The molecule has 0 aliphatic carbocycles. The second-order valence-corrected chi connectivity index (χ2v) is 7.96. The van der Waals surface area contributed by atoms with Crippen LogP contribution in [0.3, 0.4) is 0 Å². The smallest absolute Gasteiger partial charge is 0.147 e. The molecule has 2 aromatic rings. The van der Waals surface area contributed by atoms with E-state index in [0.29, 0.717) is 37.5 Å². The summed E-state index contributed by atoms with van der Waals surface area (Å²) in [6.45, 7) is 1.78. The number of fused-ring (bicyclic) bond motifs is 1.